The van der Waals surface area contributed by atoms with Crippen LogP contribution in [0.25, 0.3) is 0 Å². The van der Waals surface area contributed by atoms with Crippen molar-refractivity contribution in [3.63, 3.8) is 0 Å². The summed E-state index contributed by atoms with van der Waals surface area (Å²) >= 11 is 0. The molecule has 1 atom stereocenters. The standard InChI is InChI=1S/C13H19BO5/c15-14(16)11-3-1-4-12(9-11)19-8-7-17-10-13-5-2-6-18-13/h1,3-4,9,13,15-16H,2,5-8,10H2. The SMILES string of the molecule is OB(O)c1cccc(OCCOCC2CCCO2)c1. The highest BCUT2D eigenvalue weighted by atomic mass is 16.5. The van der Waals surface area contributed by atoms with Crippen molar-refractivity contribution in [2.75, 3.05) is 26.4 Å². The molecule has 0 aliphatic carbocycles. The Morgan fingerprint density at radius 1 is 1.32 bits per heavy atom. The molecule has 2 N–H and O–H groups in total. The van der Waals surface area contributed by atoms with Gasteiger partial charge >= 0.3 is 7.12 Å². The zero-order chi connectivity index (χ0) is 13.5. The van der Waals surface area contributed by atoms with Crippen molar-refractivity contribution in [2.24, 2.45) is 0 Å². The van der Waals surface area contributed by atoms with Crippen molar-refractivity contribution in [2.45, 2.75) is 18.9 Å². The van der Waals surface area contributed by atoms with Crippen molar-refractivity contribution in [1.82, 2.24) is 0 Å². The van der Waals surface area contributed by atoms with E-state index >= 15 is 0 Å². The Morgan fingerprint density at radius 2 is 2.21 bits per heavy atom. The molecule has 104 valence electrons. The van der Waals surface area contributed by atoms with Crippen LogP contribution in [0, 0.1) is 0 Å². The highest BCUT2D eigenvalue weighted by molar-refractivity contribution is 6.58. The van der Waals surface area contributed by atoms with Crippen LogP contribution in [0.15, 0.2) is 24.3 Å². The number of hydrogen-bond donors (Lipinski definition) is 2. The molecule has 5 nitrogen and oxygen atoms in total. The van der Waals surface area contributed by atoms with Gasteiger partial charge in [-0.15, -0.1) is 0 Å². The van der Waals surface area contributed by atoms with Gasteiger partial charge in [-0.05, 0) is 30.4 Å². The Morgan fingerprint density at radius 3 is 2.95 bits per heavy atom. The fourth-order valence-electron chi connectivity index (χ4n) is 1.97. The van der Waals surface area contributed by atoms with E-state index in [1.165, 1.54) is 0 Å². The highest BCUT2D eigenvalue weighted by Gasteiger charge is 2.15. The summed E-state index contributed by atoms with van der Waals surface area (Å²) in [5.41, 5.74) is 0.415. The Kier molecular flexibility index (Phi) is 5.66. The maximum Gasteiger partial charge on any atom is 0.488 e. The third kappa shape index (κ3) is 4.83. The molecule has 6 heteroatoms. The molecule has 1 aromatic carbocycles. The zero-order valence-corrected chi connectivity index (χ0v) is 10.8. The van der Waals surface area contributed by atoms with E-state index in [0.29, 0.717) is 31.0 Å². The predicted octanol–water partition coefficient (Wildman–Crippen LogP) is -0.0592. The third-order valence-electron chi connectivity index (χ3n) is 2.98. The minimum atomic E-state index is -1.47. The maximum absolute atomic E-state index is 9.04. The summed E-state index contributed by atoms with van der Waals surface area (Å²) in [6.07, 6.45) is 2.41. The molecular formula is C13H19BO5. The predicted molar refractivity (Wildman–Crippen MR) is 71.6 cm³/mol. The van der Waals surface area contributed by atoms with Crippen molar-refractivity contribution >= 4 is 12.6 Å². The molecule has 2 rings (SSSR count). The van der Waals surface area contributed by atoms with E-state index in [9.17, 15) is 0 Å². The van der Waals surface area contributed by atoms with Crippen LogP contribution in [0.3, 0.4) is 0 Å². The molecule has 1 aliphatic heterocycles. The van der Waals surface area contributed by atoms with E-state index in [2.05, 4.69) is 0 Å². The van der Waals surface area contributed by atoms with Crippen LogP contribution < -0.4 is 10.2 Å². The fraction of sp³-hybridized carbons (Fsp3) is 0.538. The van der Waals surface area contributed by atoms with Crippen LogP contribution in [0.1, 0.15) is 12.8 Å². The monoisotopic (exact) mass is 266 g/mol. The van der Waals surface area contributed by atoms with Crippen LogP contribution >= 0.6 is 0 Å². The second-order valence-corrected chi connectivity index (χ2v) is 4.50. The topological polar surface area (TPSA) is 68.2 Å². The second kappa shape index (κ2) is 7.50. The Hall–Kier alpha value is -1.08. The molecule has 0 spiro atoms. The summed E-state index contributed by atoms with van der Waals surface area (Å²) in [4.78, 5) is 0. The van der Waals surface area contributed by atoms with Crippen LogP contribution in [0.2, 0.25) is 0 Å². The van der Waals surface area contributed by atoms with Gasteiger partial charge in [0, 0.05) is 6.61 Å². The van der Waals surface area contributed by atoms with E-state index in [0.717, 1.165) is 19.4 Å². The van der Waals surface area contributed by atoms with E-state index in [1.807, 2.05) is 0 Å². The second-order valence-electron chi connectivity index (χ2n) is 4.50. The van der Waals surface area contributed by atoms with Gasteiger partial charge in [-0.25, -0.2) is 0 Å². The summed E-state index contributed by atoms with van der Waals surface area (Å²) < 4.78 is 16.4. The van der Waals surface area contributed by atoms with Gasteiger partial charge in [0.2, 0.25) is 0 Å². The van der Waals surface area contributed by atoms with E-state index < -0.39 is 7.12 Å². The summed E-state index contributed by atoms with van der Waals surface area (Å²) in [7, 11) is -1.47. The fourth-order valence-corrected chi connectivity index (χ4v) is 1.97. The molecule has 1 saturated heterocycles. The normalized spacial score (nSPS) is 18.5. The minimum absolute atomic E-state index is 0.230. The molecule has 19 heavy (non-hydrogen) atoms. The first-order chi connectivity index (χ1) is 9.25. The largest absolute Gasteiger partial charge is 0.491 e. The van der Waals surface area contributed by atoms with E-state index in [-0.39, 0.29) is 6.10 Å². The first kappa shape index (κ1) is 14.3. The molecule has 0 bridgehead atoms. The molecule has 0 saturated carbocycles. The van der Waals surface area contributed by atoms with Crippen LogP contribution in [0.5, 0.6) is 5.75 Å². The minimum Gasteiger partial charge on any atom is -0.491 e. The van der Waals surface area contributed by atoms with Gasteiger partial charge in [-0.1, -0.05) is 12.1 Å². The molecule has 1 fully saturated rings. The lowest BCUT2D eigenvalue weighted by Crippen LogP contribution is -2.29. The molecule has 0 amide bonds. The summed E-state index contributed by atoms with van der Waals surface area (Å²) in [5.74, 6) is 0.603. The van der Waals surface area contributed by atoms with Crippen LogP contribution in [0.4, 0.5) is 0 Å². The van der Waals surface area contributed by atoms with Crippen LogP contribution in [-0.2, 0) is 9.47 Å². The molecular weight excluding hydrogens is 247 g/mol. The Labute approximate surface area is 113 Å². The van der Waals surface area contributed by atoms with Gasteiger partial charge in [0.1, 0.15) is 12.4 Å². The quantitative estimate of drug-likeness (QED) is 0.534. The Balaban J connectivity index is 1.63. The number of hydrogen-bond acceptors (Lipinski definition) is 5. The van der Waals surface area contributed by atoms with Crippen LogP contribution in [-0.4, -0.2) is 49.7 Å². The first-order valence-corrected chi connectivity index (χ1v) is 6.54. The molecule has 1 aromatic rings. The lowest BCUT2D eigenvalue weighted by molar-refractivity contribution is 0.00854. The molecule has 1 unspecified atom stereocenters. The average molecular weight is 266 g/mol. The summed E-state index contributed by atoms with van der Waals surface area (Å²) in [6.45, 7) is 2.36. The van der Waals surface area contributed by atoms with Crippen molar-refractivity contribution in [1.29, 1.82) is 0 Å². The van der Waals surface area contributed by atoms with Gasteiger partial charge in [0.15, 0.2) is 0 Å². The lowest BCUT2D eigenvalue weighted by Gasteiger charge is -2.11. The number of benzene rings is 1. The van der Waals surface area contributed by atoms with Crippen molar-refractivity contribution < 1.29 is 24.3 Å². The molecule has 0 aromatic heterocycles. The van der Waals surface area contributed by atoms with E-state index in [1.54, 1.807) is 24.3 Å². The number of rotatable bonds is 7. The molecule has 0 radical (unpaired) electrons. The molecule has 1 heterocycles. The van der Waals surface area contributed by atoms with Gasteiger partial charge < -0.3 is 24.3 Å². The lowest BCUT2D eigenvalue weighted by atomic mass is 9.80. The first-order valence-electron chi connectivity index (χ1n) is 6.54. The van der Waals surface area contributed by atoms with Gasteiger partial charge in [0.05, 0.1) is 19.3 Å². The third-order valence-corrected chi connectivity index (χ3v) is 2.98. The number of ether oxygens (including phenoxy) is 3. The van der Waals surface area contributed by atoms with Gasteiger partial charge in [-0.3, -0.25) is 0 Å². The van der Waals surface area contributed by atoms with Crippen molar-refractivity contribution in [3.05, 3.63) is 24.3 Å². The van der Waals surface area contributed by atoms with Gasteiger partial charge in [0.25, 0.3) is 0 Å². The Bertz CT molecular complexity index is 379. The molecule has 1 aliphatic rings. The van der Waals surface area contributed by atoms with Gasteiger partial charge in [-0.2, -0.15) is 0 Å². The van der Waals surface area contributed by atoms with Crippen molar-refractivity contribution in [3.8, 4) is 5.75 Å². The smallest absolute Gasteiger partial charge is 0.488 e. The highest BCUT2D eigenvalue weighted by Crippen LogP contribution is 2.12. The summed E-state index contributed by atoms with van der Waals surface area (Å²) in [6, 6.07) is 6.72. The average Bonchev–Trinajstić information content (AvgIpc) is 2.92. The van der Waals surface area contributed by atoms with E-state index in [4.69, 9.17) is 24.3 Å². The zero-order valence-electron chi connectivity index (χ0n) is 10.8. The maximum atomic E-state index is 9.04. The summed E-state index contributed by atoms with van der Waals surface area (Å²) in [5, 5.41) is 18.1.